The molecule has 0 aliphatic carbocycles. The highest BCUT2D eigenvalue weighted by molar-refractivity contribution is 14.0. The van der Waals surface area contributed by atoms with E-state index in [-0.39, 0.29) is 29.8 Å². The molecule has 0 aliphatic rings. The van der Waals surface area contributed by atoms with E-state index in [0.29, 0.717) is 29.1 Å². The summed E-state index contributed by atoms with van der Waals surface area (Å²) in [5, 5.41) is 16.7. The maximum atomic E-state index is 8.54. The molecule has 0 radical (unpaired) electrons. The Balaban J connectivity index is 0.00000386. The number of hydrogen-bond acceptors (Lipinski definition) is 5. The van der Waals surface area contributed by atoms with Gasteiger partial charge >= 0.3 is 0 Å². The standard InChI is InChI=1S/C38H28N8.HI/c39-35(27-13-5-1-6-14-27)43-36(28-15-7-2-8-16-28)42-33-23-21-31(25-40-33)32-22-24-34(41-26-32)46-38(30-19-11-4-12-20-30)44-37(45-46)29-17-9-3-10-18-29;/h1-26H,(H2,39,40,42,43);1H. The Labute approximate surface area is 289 Å². The minimum absolute atomic E-state index is 0. The third-order valence-corrected chi connectivity index (χ3v) is 7.30. The molecule has 0 fully saturated rings. The third kappa shape index (κ3) is 7.21. The van der Waals surface area contributed by atoms with Crippen LogP contribution in [0.3, 0.4) is 0 Å². The highest BCUT2D eigenvalue weighted by atomic mass is 127. The summed E-state index contributed by atoms with van der Waals surface area (Å²) in [5.74, 6) is 3.32. The summed E-state index contributed by atoms with van der Waals surface area (Å²) in [7, 11) is 0. The molecule has 0 unspecified atom stereocenters. The lowest BCUT2D eigenvalue weighted by Gasteiger charge is -2.11. The van der Waals surface area contributed by atoms with E-state index >= 15 is 0 Å². The summed E-state index contributed by atoms with van der Waals surface area (Å²) < 4.78 is 1.78. The van der Waals surface area contributed by atoms with Crippen LogP contribution in [0.1, 0.15) is 11.1 Å². The Hall–Kier alpha value is -5.81. The van der Waals surface area contributed by atoms with E-state index in [1.807, 2.05) is 152 Å². The Morgan fingerprint density at radius 2 is 1.13 bits per heavy atom. The number of hydrogen-bond donors (Lipinski definition) is 2. The average molecular weight is 725 g/mol. The van der Waals surface area contributed by atoms with Crippen molar-refractivity contribution in [2.75, 3.05) is 5.32 Å². The lowest BCUT2D eigenvalue weighted by Crippen LogP contribution is -2.17. The van der Waals surface area contributed by atoms with E-state index in [2.05, 4.69) is 15.3 Å². The fourth-order valence-corrected chi connectivity index (χ4v) is 4.93. The SMILES string of the molecule is I.N=C(N=C(Nc1ccc(-c2ccc(-n3nc(-c4ccccc4)nc3-c3ccccc3)nc2)cn1)c1ccccc1)c1ccccc1. The number of halogens is 1. The summed E-state index contributed by atoms with van der Waals surface area (Å²) in [6.07, 6.45) is 3.61. The van der Waals surface area contributed by atoms with Gasteiger partial charge in [-0.3, -0.25) is 5.41 Å². The summed E-state index contributed by atoms with van der Waals surface area (Å²) in [5.41, 5.74) is 5.30. The first-order chi connectivity index (χ1) is 22.7. The van der Waals surface area contributed by atoms with Gasteiger partial charge in [0.05, 0.1) is 0 Å². The molecule has 47 heavy (non-hydrogen) atoms. The van der Waals surface area contributed by atoms with Gasteiger partial charge in [-0.1, -0.05) is 121 Å². The van der Waals surface area contributed by atoms with Crippen molar-refractivity contribution < 1.29 is 0 Å². The molecule has 0 bridgehead atoms. The zero-order valence-corrected chi connectivity index (χ0v) is 27.4. The molecular formula is C38H29IN8. The molecule has 0 spiro atoms. The van der Waals surface area contributed by atoms with Crippen molar-refractivity contribution in [3.8, 4) is 39.7 Å². The number of nitrogens with zero attached hydrogens (tertiary/aromatic N) is 6. The Morgan fingerprint density at radius 1 is 0.574 bits per heavy atom. The maximum Gasteiger partial charge on any atom is 0.182 e. The number of aliphatic imine (C=N–C) groups is 1. The van der Waals surface area contributed by atoms with Crippen molar-refractivity contribution >= 4 is 41.5 Å². The van der Waals surface area contributed by atoms with Gasteiger partial charge in [-0.05, 0) is 24.3 Å². The van der Waals surface area contributed by atoms with Crippen molar-refractivity contribution in [1.29, 1.82) is 5.41 Å². The highest BCUT2D eigenvalue weighted by Crippen LogP contribution is 2.26. The number of anilines is 1. The monoisotopic (exact) mass is 724 g/mol. The minimum atomic E-state index is 0. The first-order valence-corrected chi connectivity index (χ1v) is 14.8. The maximum absolute atomic E-state index is 8.54. The van der Waals surface area contributed by atoms with E-state index < -0.39 is 0 Å². The van der Waals surface area contributed by atoms with E-state index in [0.717, 1.165) is 33.4 Å². The van der Waals surface area contributed by atoms with Crippen LogP contribution in [0.4, 0.5) is 5.82 Å². The second-order valence-corrected chi connectivity index (χ2v) is 10.4. The van der Waals surface area contributed by atoms with Crippen LogP contribution in [0, 0.1) is 5.41 Å². The summed E-state index contributed by atoms with van der Waals surface area (Å²) in [4.78, 5) is 18.9. The molecule has 7 aromatic rings. The van der Waals surface area contributed by atoms with Gasteiger partial charge in [-0.15, -0.1) is 29.1 Å². The predicted octanol–water partition coefficient (Wildman–Crippen LogP) is 8.56. The van der Waals surface area contributed by atoms with Gasteiger partial charge < -0.3 is 5.32 Å². The van der Waals surface area contributed by atoms with Gasteiger partial charge in [0, 0.05) is 45.8 Å². The molecule has 3 heterocycles. The Bertz CT molecular complexity index is 2100. The van der Waals surface area contributed by atoms with Gasteiger partial charge in [0.25, 0.3) is 0 Å². The lowest BCUT2D eigenvalue weighted by atomic mass is 10.1. The second-order valence-electron chi connectivity index (χ2n) is 10.4. The van der Waals surface area contributed by atoms with E-state index in [4.69, 9.17) is 20.5 Å². The smallest absolute Gasteiger partial charge is 0.182 e. The van der Waals surface area contributed by atoms with Gasteiger partial charge in [0.1, 0.15) is 11.7 Å². The van der Waals surface area contributed by atoms with Gasteiger partial charge in [0.15, 0.2) is 23.3 Å². The Kier molecular flexibility index (Phi) is 9.64. The topological polar surface area (TPSA) is 105 Å². The van der Waals surface area contributed by atoms with Crippen molar-refractivity contribution in [1.82, 2.24) is 24.7 Å². The first kappa shape index (κ1) is 31.2. The van der Waals surface area contributed by atoms with E-state index in [1.54, 1.807) is 10.9 Å². The zero-order chi connectivity index (χ0) is 31.1. The number of aromatic nitrogens is 5. The van der Waals surface area contributed by atoms with Crippen molar-refractivity contribution in [3.05, 3.63) is 169 Å². The average Bonchev–Trinajstić information content (AvgIpc) is 3.59. The van der Waals surface area contributed by atoms with Crippen LogP contribution >= 0.6 is 24.0 Å². The van der Waals surface area contributed by atoms with Crippen LogP contribution in [0.5, 0.6) is 0 Å². The van der Waals surface area contributed by atoms with E-state index in [1.165, 1.54) is 0 Å². The predicted molar refractivity (Wildman–Crippen MR) is 199 cm³/mol. The molecule has 9 heteroatoms. The van der Waals surface area contributed by atoms with Gasteiger partial charge in [0.2, 0.25) is 0 Å². The number of pyridine rings is 2. The minimum Gasteiger partial charge on any atom is -0.324 e. The van der Waals surface area contributed by atoms with Crippen molar-refractivity contribution in [2.24, 2.45) is 4.99 Å². The molecule has 0 saturated carbocycles. The van der Waals surface area contributed by atoms with Crippen LogP contribution < -0.4 is 5.32 Å². The van der Waals surface area contributed by atoms with Crippen LogP contribution in [0.15, 0.2) is 163 Å². The van der Waals surface area contributed by atoms with Crippen LogP contribution in [-0.2, 0) is 0 Å². The summed E-state index contributed by atoms with van der Waals surface area (Å²) in [6.45, 7) is 0. The van der Waals surface area contributed by atoms with Gasteiger partial charge in [-0.2, -0.15) is 4.68 Å². The summed E-state index contributed by atoms with van der Waals surface area (Å²) in [6, 6.07) is 46.9. The number of rotatable bonds is 7. The lowest BCUT2D eigenvalue weighted by molar-refractivity contribution is 0.856. The molecule has 7 rings (SSSR count). The molecule has 8 nitrogen and oxygen atoms in total. The zero-order valence-electron chi connectivity index (χ0n) is 25.1. The quantitative estimate of drug-likeness (QED) is 0.0974. The molecular weight excluding hydrogens is 695 g/mol. The highest BCUT2D eigenvalue weighted by Gasteiger charge is 2.16. The largest absolute Gasteiger partial charge is 0.324 e. The fourth-order valence-electron chi connectivity index (χ4n) is 4.93. The normalized spacial score (nSPS) is 11.0. The first-order valence-electron chi connectivity index (χ1n) is 14.8. The third-order valence-electron chi connectivity index (χ3n) is 7.30. The van der Waals surface area contributed by atoms with Crippen LogP contribution in [0.2, 0.25) is 0 Å². The molecule has 0 saturated heterocycles. The number of nitrogens with one attached hydrogen (secondary N) is 2. The van der Waals surface area contributed by atoms with E-state index in [9.17, 15) is 0 Å². The molecule has 0 atom stereocenters. The number of amidine groups is 2. The molecule has 0 aliphatic heterocycles. The Morgan fingerprint density at radius 3 is 1.70 bits per heavy atom. The molecule has 2 N–H and O–H groups in total. The van der Waals surface area contributed by atoms with Crippen molar-refractivity contribution in [3.63, 3.8) is 0 Å². The summed E-state index contributed by atoms with van der Waals surface area (Å²) >= 11 is 0. The molecule has 3 aromatic heterocycles. The fraction of sp³-hybridized carbons (Fsp3) is 0. The van der Waals surface area contributed by atoms with Crippen LogP contribution in [-0.4, -0.2) is 36.4 Å². The number of benzene rings is 4. The van der Waals surface area contributed by atoms with Crippen molar-refractivity contribution in [2.45, 2.75) is 0 Å². The molecule has 228 valence electrons. The second kappa shape index (κ2) is 14.5. The van der Waals surface area contributed by atoms with Crippen LogP contribution in [0.25, 0.3) is 39.7 Å². The van der Waals surface area contributed by atoms with Gasteiger partial charge in [-0.25, -0.2) is 19.9 Å². The molecule has 4 aromatic carbocycles. The molecule has 0 amide bonds.